The fraction of sp³-hybridized carbons (Fsp3) is 0.588. The summed E-state index contributed by atoms with van der Waals surface area (Å²) in [5.74, 6) is 0. The number of methoxy groups -OCH3 is 1. The first-order chi connectivity index (χ1) is 10.5. The smallest absolute Gasteiger partial charge is 0.0983 e. The molecule has 1 fully saturated rings. The van der Waals surface area contributed by atoms with Gasteiger partial charge in [-0.05, 0) is 38.7 Å². The third-order valence-electron chi connectivity index (χ3n) is 3.69. The van der Waals surface area contributed by atoms with E-state index in [9.17, 15) is 0 Å². The summed E-state index contributed by atoms with van der Waals surface area (Å²) in [4.78, 5) is 9.29. The second kappa shape index (κ2) is 7.72. The van der Waals surface area contributed by atoms with Crippen molar-refractivity contribution in [3.05, 3.63) is 30.1 Å². The molecule has 122 valence electrons. The van der Waals surface area contributed by atoms with Crippen molar-refractivity contribution in [3.63, 3.8) is 0 Å². The molecule has 1 saturated heterocycles. The van der Waals surface area contributed by atoms with Crippen LogP contribution < -0.4 is 4.90 Å². The standard InChI is InChI=1S/C17H27N3O2/c1-13(2)15-6-7-17(16(18-15)11-19(3)4)20-8-9-22-14(10-20)12-21-5/h6-7,14H,1,8-12H2,2-5H3/t14-/m0/s1. The van der Waals surface area contributed by atoms with Crippen LogP contribution in [-0.2, 0) is 16.0 Å². The van der Waals surface area contributed by atoms with Crippen LogP contribution in [-0.4, -0.2) is 63.5 Å². The van der Waals surface area contributed by atoms with Gasteiger partial charge in [0.1, 0.15) is 0 Å². The molecule has 0 aliphatic carbocycles. The van der Waals surface area contributed by atoms with Crippen LogP contribution in [0.1, 0.15) is 18.3 Å². The first-order valence-electron chi connectivity index (χ1n) is 7.67. The Labute approximate surface area is 133 Å². The van der Waals surface area contributed by atoms with Gasteiger partial charge in [0.2, 0.25) is 0 Å². The highest BCUT2D eigenvalue weighted by Crippen LogP contribution is 2.24. The minimum Gasteiger partial charge on any atom is -0.382 e. The molecule has 1 aromatic rings. The molecule has 2 rings (SSSR count). The molecule has 0 amide bonds. The highest BCUT2D eigenvalue weighted by Gasteiger charge is 2.23. The van der Waals surface area contributed by atoms with Crippen LogP contribution in [0.2, 0.25) is 0 Å². The van der Waals surface area contributed by atoms with Crippen LogP contribution in [0.3, 0.4) is 0 Å². The van der Waals surface area contributed by atoms with Gasteiger partial charge in [0, 0.05) is 26.7 Å². The molecule has 0 radical (unpaired) electrons. The van der Waals surface area contributed by atoms with Crippen molar-refractivity contribution < 1.29 is 9.47 Å². The topological polar surface area (TPSA) is 37.8 Å². The lowest BCUT2D eigenvalue weighted by atomic mass is 10.1. The number of pyridine rings is 1. The number of hydrogen-bond acceptors (Lipinski definition) is 5. The Bertz CT molecular complexity index is 515. The quantitative estimate of drug-likeness (QED) is 0.804. The van der Waals surface area contributed by atoms with Gasteiger partial charge in [-0.1, -0.05) is 6.58 Å². The van der Waals surface area contributed by atoms with E-state index in [0.717, 1.165) is 43.2 Å². The molecule has 0 unspecified atom stereocenters. The zero-order chi connectivity index (χ0) is 16.1. The third-order valence-corrected chi connectivity index (χ3v) is 3.69. The summed E-state index contributed by atoms with van der Waals surface area (Å²) in [6, 6.07) is 4.21. The van der Waals surface area contributed by atoms with E-state index in [4.69, 9.17) is 14.5 Å². The maximum Gasteiger partial charge on any atom is 0.0983 e. The summed E-state index contributed by atoms with van der Waals surface area (Å²) >= 11 is 0. The van der Waals surface area contributed by atoms with E-state index in [2.05, 4.69) is 42.6 Å². The Morgan fingerprint density at radius 2 is 2.27 bits per heavy atom. The van der Waals surface area contributed by atoms with Crippen molar-refractivity contribution in [1.29, 1.82) is 0 Å². The molecule has 22 heavy (non-hydrogen) atoms. The molecule has 1 atom stereocenters. The van der Waals surface area contributed by atoms with E-state index in [1.165, 1.54) is 5.69 Å². The maximum atomic E-state index is 5.74. The fourth-order valence-electron chi connectivity index (χ4n) is 2.66. The predicted molar refractivity (Wildman–Crippen MR) is 90.2 cm³/mol. The Balaban J connectivity index is 2.26. The Morgan fingerprint density at radius 3 is 2.91 bits per heavy atom. The molecule has 2 heterocycles. The minimum absolute atomic E-state index is 0.117. The van der Waals surface area contributed by atoms with E-state index in [-0.39, 0.29) is 6.10 Å². The molecule has 1 aromatic heterocycles. The number of nitrogens with zero attached hydrogens (tertiary/aromatic N) is 3. The van der Waals surface area contributed by atoms with E-state index < -0.39 is 0 Å². The van der Waals surface area contributed by atoms with E-state index in [0.29, 0.717) is 6.61 Å². The van der Waals surface area contributed by atoms with Crippen molar-refractivity contribution >= 4 is 11.3 Å². The monoisotopic (exact) mass is 305 g/mol. The lowest BCUT2D eigenvalue weighted by Crippen LogP contribution is -2.45. The van der Waals surface area contributed by atoms with Crippen molar-refractivity contribution in [2.45, 2.75) is 19.6 Å². The van der Waals surface area contributed by atoms with Gasteiger partial charge in [0.05, 0.1) is 36.4 Å². The van der Waals surface area contributed by atoms with Crippen LogP contribution in [0, 0.1) is 0 Å². The summed E-state index contributed by atoms with van der Waals surface area (Å²) in [5, 5.41) is 0. The second-order valence-electron chi connectivity index (χ2n) is 6.07. The van der Waals surface area contributed by atoms with Crippen molar-refractivity contribution in [2.75, 3.05) is 52.4 Å². The van der Waals surface area contributed by atoms with Gasteiger partial charge >= 0.3 is 0 Å². The van der Waals surface area contributed by atoms with Gasteiger partial charge < -0.3 is 19.3 Å². The third kappa shape index (κ3) is 4.29. The molecular formula is C17H27N3O2. The van der Waals surface area contributed by atoms with E-state index in [1.807, 2.05) is 6.92 Å². The predicted octanol–water partition coefficient (Wildman–Crippen LogP) is 2.03. The average molecular weight is 305 g/mol. The number of allylic oxidation sites excluding steroid dienone is 1. The number of ether oxygens (including phenoxy) is 2. The van der Waals surface area contributed by atoms with Crippen LogP contribution in [0.4, 0.5) is 5.69 Å². The Morgan fingerprint density at radius 1 is 1.50 bits per heavy atom. The number of morpholine rings is 1. The highest BCUT2D eigenvalue weighted by atomic mass is 16.5. The first kappa shape index (κ1) is 16.9. The SMILES string of the molecule is C=C(C)c1ccc(N2CCO[C@H](COC)C2)c(CN(C)C)n1. The molecule has 0 aromatic carbocycles. The molecule has 5 nitrogen and oxygen atoms in total. The summed E-state index contributed by atoms with van der Waals surface area (Å²) in [5.41, 5.74) is 4.22. The fourth-order valence-corrected chi connectivity index (χ4v) is 2.66. The number of rotatable bonds is 6. The van der Waals surface area contributed by atoms with Crippen LogP contribution in [0.15, 0.2) is 18.7 Å². The van der Waals surface area contributed by atoms with Crippen molar-refractivity contribution in [2.24, 2.45) is 0 Å². The molecule has 0 N–H and O–H groups in total. The summed E-state index contributed by atoms with van der Waals surface area (Å²) < 4.78 is 11.0. The summed E-state index contributed by atoms with van der Waals surface area (Å²) in [6.45, 7) is 9.86. The molecule has 1 aliphatic heterocycles. The second-order valence-corrected chi connectivity index (χ2v) is 6.07. The van der Waals surface area contributed by atoms with Gasteiger partial charge in [0.15, 0.2) is 0 Å². The van der Waals surface area contributed by atoms with Gasteiger partial charge in [-0.15, -0.1) is 0 Å². The van der Waals surface area contributed by atoms with E-state index in [1.54, 1.807) is 7.11 Å². The Kier molecular flexibility index (Phi) is 5.94. The van der Waals surface area contributed by atoms with E-state index >= 15 is 0 Å². The van der Waals surface area contributed by atoms with Crippen molar-refractivity contribution in [1.82, 2.24) is 9.88 Å². The lowest BCUT2D eigenvalue weighted by Gasteiger charge is -2.35. The van der Waals surface area contributed by atoms with Crippen LogP contribution in [0.25, 0.3) is 5.57 Å². The van der Waals surface area contributed by atoms with Crippen LogP contribution in [0.5, 0.6) is 0 Å². The number of hydrogen-bond donors (Lipinski definition) is 0. The lowest BCUT2D eigenvalue weighted by molar-refractivity contribution is -0.0101. The summed E-state index contributed by atoms with van der Waals surface area (Å²) in [7, 11) is 5.83. The molecule has 5 heteroatoms. The van der Waals surface area contributed by atoms with Crippen LogP contribution >= 0.6 is 0 Å². The largest absolute Gasteiger partial charge is 0.382 e. The molecule has 0 bridgehead atoms. The Hall–Kier alpha value is -1.43. The highest BCUT2D eigenvalue weighted by molar-refractivity contribution is 5.62. The maximum absolute atomic E-state index is 5.74. The number of aromatic nitrogens is 1. The number of anilines is 1. The normalized spacial score (nSPS) is 18.8. The summed E-state index contributed by atoms with van der Waals surface area (Å²) in [6.07, 6.45) is 0.117. The van der Waals surface area contributed by atoms with Gasteiger partial charge in [-0.2, -0.15) is 0 Å². The zero-order valence-corrected chi connectivity index (χ0v) is 14.1. The first-order valence-corrected chi connectivity index (χ1v) is 7.67. The molecular weight excluding hydrogens is 278 g/mol. The van der Waals surface area contributed by atoms with Gasteiger partial charge in [0.25, 0.3) is 0 Å². The average Bonchev–Trinajstić information content (AvgIpc) is 2.47. The van der Waals surface area contributed by atoms with Crippen molar-refractivity contribution in [3.8, 4) is 0 Å². The zero-order valence-electron chi connectivity index (χ0n) is 14.1. The molecule has 0 saturated carbocycles. The van der Waals surface area contributed by atoms with Gasteiger partial charge in [-0.25, -0.2) is 4.98 Å². The molecule has 1 aliphatic rings. The molecule has 0 spiro atoms. The minimum atomic E-state index is 0.117. The van der Waals surface area contributed by atoms with Gasteiger partial charge in [-0.3, -0.25) is 0 Å².